The fourth-order valence-electron chi connectivity index (χ4n) is 2.68. The number of rotatable bonds is 4. The lowest BCUT2D eigenvalue weighted by Crippen LogP contribution is -2.00. The Morgan fingerprint density at radius 2 is 1.84 bits per heavy atom. The Hall–Kier alpha value is -2.81. The fraction of sp³-hybridized carbons (Fsp3) is 0.227. The number of carbonyl (C=O) groups excluding carboxylic acids is 1. The number of fused-ring (bicyclic) bond motifs is 1. The molecule has 3 nitrogen and oxygen atoms in total. The van der Waals surface area contributed by atoms with Crippen LogP contribution in [0.5, 0.6) is 11.5 Å². The zero-order valence-electron chi connectivity index (χ0n) is 15.1. The van der Waals surface area contributed by atoms with Crippen molar-refractivity contribution in [3.05, 3.63) is 76.1 Å². The highest BCUT2D eigenvalue weighted by molar-refractivity contribution is 6.15. The highest BCUT2D eigenvalue weighted by Gasteiger charge is 2.29. The summed E-state index contributed by atoms with van der Waals surface area (Å²) in [6.45, 7) is 8.50. The molecule has 0 aliphatic carbocycles. The zero-order chi connectivity index (χ0) is 18.0. The summed E-state index contributed by atoms with van der Waals surface area (Å²) in [5.41, 5.74) is 4.81. The number of hydrogen-bond donors (Lipinski definition) is 0. The van der Waals surface area contributed by atoms with Crippen LogP contribution in [0.15, 0.2) is 53.8 Å². The standard InChI is InChI=1S/C22H22O3/c1-14(2)9-10-24-18-11-16(4)21-19(13-18)25-20(22(21)23)12-17-7-5-15(3)6-8-17/h5-9,11-13H,10H2,1-4H3/b20-12-. The van der Waals surface area contributed by atoms with Gasteiger partial charge in [-0.15, -0.1) is 0 Å². The summed E-state index contributed by atoms with van der Waals surface area (Å²) < 4.78 is 11.6. The van der Waals surface area contributed by atoms with Gasteiger partial charge in [0.1, 0.15) is 18.1 Å². The van der Waals surface area contributed by atoms with Crippen LogP contribution < -0.4 is 9.47 Å². The number of carbonyl (C=O) groups is 1. The van der Waals surface area contributed by atoms with Crippen molar-refractivity contribution in [2.75, 3.05) is 6.61 Å². The quantitative estimate of drug-likeness (QED) is 0.565. The lowest BCUT2D eigenvalue weighted by molar-refractivity contribution is 0.101. The second kappa shape index (κ2) is 6.98. The molecule has 0 spiro atoms. The molecule has 0 radical (unpaired) electrons. The minimum atomic E-state index is -0.0797. The van der Waals surface area contributed by atoms with Gasteiger partial charge in [-0.3, -0.25) is 4.79 Å². The predicted molar refractivity (Wildman–Crippen MR) is 100 cm³/mol. The first-order chi connectivity index (χ1) is 11.9. The number of allylic oxidation sites excluding steroid dienone is 2. The summed E-state index contributed by atoms with van der Waals surface area (Å²) in [6, 6.07) is 11.6. The molecule has 1 aliphatic rings. The molecule has 25 heavy (non-hydrogen) atoms. The first kappa shape index (κ1) is 17.0. The molecule has 1 aliphatic heterocycles. The van der Waals surface area contributed by atoms with Crippen LogP contribution in [-0.2, 0) is 0 Å². The van der Waals surface area contributed by atoms with Gasteiger partial charge in [-0.25, -0.2) is 0 Å². The number of ether oxygens (including phenoxy) is 2. The van der Waals surface area contributed by atoms with Crippen LogP contribution in [0.25, 0.3) is 6.08 Å². The normalized spacial score (nSPS) is 14.2. The van der Waals surface area contributed by atoms with E-state index in [0.29, 0.717) is 29.4 Å². The van der Waals surface area contributed by atoms with Crippen LogP contribution >= 0.6 is 0 Å². The van der Waals surface area contributed by atoms with Gasteiger partial charge in [0.25, 0.3) is 0 Å². The van der Waals surface area contributed by atoms with E-state index in [1.54, 1.807) is 12.1 Å². The van der Waals surface area contributed by atoms with Crippen LogP contribution in [0.2, 0.25) is 0 Å². The van der Waals surface area contributed by atoms with Crippen LogP contribution in [-0.4, -0.2) is 12.4 Å². The first-order valence-electron chi connectivity index (χ1n) is 8.36. The molecule has 0 fully saturated rings. The van der Waals surface area contributed by atoms with Crippen LogP contribution in [0.1, 0.15) is 40.9 Å². The topological polar surface area (TPSA) is 35.5 Å². The van der Waals surface area contributed by atoms with E-state index < -0.39 is 0 Å². The Bertz CT molecular complexity index is 867. The molecule has 0 N–H and O–H groups in total. The van der Waals surface area contributed by atoms with E-state index in [9.17, 15) is 4.79 Å². The molecule has 3 rings (SSSR count). The van der Waals surface area contributed by atoms with E-state index in [1.807, 2.05) is 64.1 Å². The maximum atomic E-state index is 12.7. The average molecular weight is 334 g/mol. The van der Waals surface area contributed by atoms with Gasteiger partial charge in [-0.05, 0) is 57.0 Å². The third-order valence-corrected chi connectivity index (χ3v) is 4.06. The Morgan fingerprint density at radius 1 is 1.12 bits per heavy atom. The minimum Gasteiger partial charge on any atom is -0.489 e. The molecule has 1 heterocycles. The number of benzene rings is 2. The molecule has 0 atom stereocenters. The van der Waals surface area contributed by atoms with Gasteiger partial charge in [-0.2, -0.15) is 0 Å². The van der Waals surface area contributed by atoms with Crippen molar-refractivity contribution in [2.24, 2.45) is 0 Å². The van der Waals surface area contributed by atoms with Crippen LogP contribution in [0.4, 0.5) is 0 Å². The predicted octanol–water partition coefficient (Wildman–Crippen LogP) is 5.26. The van der Waals surface area contributed by atoms with Gasteiger partial charge in [0.05, 0.1) is 5.56 Å². The summed E-state index contributed by atoms with van der Waals surface area (Å²) in [6.07, 6.45) is 3.79. The molecule has 0 bridgehead atoms. The second-order valence-electron chi connectivity index (χ2n) is 6.56. The Balaban J connectivity index is 1.86. The van der Waals surface area contributed by atoms with Gasteiger partial charge < -0.3 is 9.47 Å². The van der Waals surface area contributed by atoms with E-state index in [1.165, 1.54) is 11.1 Å². The molecular weight excluding hydrogens is 312 g/mol. The highest BCUT2D eigenvalue weighted by Crippen LogP contribution is 2.37. The maximum absolute atomic E-state index is 12.7. The van der Waals surface area contributed by atoms with Crippen molar-refractivity contribution in [3.63, 3.8) is 0 Å². The van der Waals surface area contributed by atoms with Crippen molar-refractivity contribution in [1.82, 2.24) is 0 Å². The largest absolute Gasteiger partial charge is 0.489 e. The Labute approximate surface area is 148 Å². The van der Waals surface area contributed by atoms with E-state index in [2.05, 4.69) is 0 Å². The monoisotopic (exact) mass is 334 g/mol. The van der Waals surface area contributed by atoms with Crippen molar-refractivity contribution in [3.8, 4) is 11.5 Å². The maximum Gasteiger partial charge on any atom is 0.232 e. The number of aryl methyl sites for hydroxylation is 2. The van der Waals surface area contributed by atoms with Gasteiger partial charge in [0.15, 0.2) is 5.76 Å². The second-order valence-corrected chi connectivity index (χ2v) is 6.56. The molecular formula is C22H22O3. The third-order valence-electron chi connectivity index (χ3n) is 4.06. The molecule has 0 saturated heterocycles. The Morgan fingerprint density at radius 3 is 2.52 bits per heavy atom. The number of Topliss-reactive ketones (excluding diaryl/α,β-unsaturated/α-hetero) is 1. The summed E-state index contributed by atoms with van der Waals surface area (Å²) in [5, 5.41) is 0. The lowest BCUT2D eigenvalue weighted by Gasteiger charge is -2.07. The molecule has 0 aromatic heterocycles. The van der Waals surface area contributed by atoms with E-state index in [4.69, 9.17) is 9.47 Å². The van der Waals surface area contributed by atoms with Crippen LogP contribution in [0.3, 0.4) is 0 Å². The molecule has 0 amide bonds. The first-order valence-corrected chi connectivity index (χ1v) is 8.36. The molecule has 2 aromatic carbocycles. The van der Waals surface area contributed by atoms with Crippen molar-refractivity contribution in [1.29, 1.82) is 0 Å². The highest BCUT2D eigenvalue weighted by atomic mass is 16.5. The average Bonchev–Trinajstić information content (AvgIpc) is 2.85. The summed E-state index contributed by atoms with van der Waals surface area (Å²) >= 11 is 0. The summed E-state index contributed by atoms with van der Waals surface area (Å²) in [4.78, 5) is 12.7. The van der Waals surface area contributed by atoms with Crippen molar-refractivity contribution in [2.45, 2.75) is 27.7 Å². The van der Waals surface area contributed by atoms with E-state index in [0.717, 1.165) is 11.1 Å². The zero-order valence-corrected chi connectivity index (χ0v) is 15.1. The third kappa shape index (κ3) is 3.82. The number of hydrogen-bond acceptors (Lipinski definition) is 3. The molecule has 2 aromatic rings. The van der Waals surface area contributed by atoms with E-state index in [-0.39, 0.29) is 5.78 Å². The minimum absolute atomic E-state index is 0.0797. The fourth-order valence-corrected chi connectivity index (χ4v) is 2.68. The number of ketones is 1. The van der Waals surface area contributed by atoms with Crippen molar-refractivity contribution >= 4 is 11.9 Å². The van der Waals surface area contributed by atoms with E-state index >= 15 is 0 Å². The molecule has 128 valence electrons. The van der Waals surface area contributed by atoms with Crippen LogP contribution in [0, 0.1) is 13.8 Å². The van der Waals surface area contributed by atoms with Gasteiger partial charge in [-0.1, -0.05) is 35.4 Å². The summed E-state index contributed by atoms with van der Waals surface area (Å²) in [7, 11) is 0. The smallest absolute Gasteiger partial charge is 0.232 e. The molecule has 0 unspecified atom stereocenters. The Kier molecular flexibility index (Phi) is 4.75. The van der Waals surface area contributed by atoms with Crippen molar-refractivity contribution < 1.29 is 14.3 Å². The summed E-state index contributed by atoms with van der Waals surface area (Å²) in [5.74, 6) is 1.54. The lowest BCUT2D eigenvalue weighted by atomic mass is 10.0. The SMILES string of the molecule is CC(C)=CCOc1cc(C)c2c(c1)O/C(=C\c1ccc(C)cc1)C2=O. The molecule has 0 saturated carbocycles. The van der Waals surface area contributed by atoms with Gasteiger partial charge in [0.2, 0.25) is 5.78 Å². The molecule has 3 heteroatoms. The van der Waals surface area contributed by atoms with Gasteiger partial charge >= 0.3 is 0 Å². The van der Waals surface area contributed by atoms with Gasteiger partial charge in [0, 0.05) is 6.07 Å².